The number of nitro groups is 1. The minimum Gasteiger partial charge on any atom is -0.399 e. The van der Waals surface area contributed by atoms with E-state index in [4.69, 9.17) is 28.9 Å². The van der Waals surface area contributed by atoms with Crippen LogP contribution in [0.25, 0.3) is 0 Å². The number of nitrogens with one attached hydrogen (secondary N) is 2. The Bertz CT molecular complexity index is 842. The zero-order valence-corrected chi connectivity index (χ0v) is 13.4. The first-order chi connectivity index (χ1) is 11.3. The second-order valence-electron chi connectivity index (χ2n) is 4.57. The minimum atomic E-state index is -1.06. The first kappa shape index (κ1) is 17.5. The van der Waals surface area contributed by atoms with Crippen LogP contribution >= 0.6 is 23.2 Å². The van der Waals surface area contributed by atoms with Crippen molar-refractivity contribution >= 4 is 57.8 Å². The maximum absolute atomic E-state index is 11.9. The highest BCUT2D eigenvalue weighted by Gasteiger charge is 2.18. The Labute approximate surface area is 145 Å². The molecular formula is C14H10Cl2N4O4. The molecule has 0 heterocycles. The van der Waals surface area contributed by atoms with Crippen molar-refractivity contribution < 1.29 is 14.5 Å². The Hall–Kier alpha value is -2.84. The lowest BCUT2D eigenvalue weighted by atomic mass is 10.2. The van der Waals surface area contributed by atoms with Crippen LogP contribution in [0, 0.1) is 10.1 Å². The third-order valence-electron chi connectivity index (χ3n) is 2.86. The lowest BCUT2D eigenvalue weighted by Crippen LogP contribution is -2.29. The van der Waals surface area contributed by atoms with Gasteiger partial charge in [-0.15, -0.1) is 0 Å². The van der Waals surface area contributed by atoms with Crippen LogP contribution in [0.1, 0.15) is 0 Å². The van der Waals surface area contributed by atoms with Crippen LogP contribution in [-0.2, 0) is 9.59 Å². The third kappa shape index (κ3) is 4.12. The second kappa shape index (κ2) is 7.16. The highest BCUT2D eigenvalue weighted by atomic mass is 35.5. The van der Waals surface area contributed by atoms with Crippen molar-refractivity contribution in [2.24, 2.45) is 0 Å². The van der Waals surface area contributed by atoms with Gasteiger partial charge < -0.3 is 16.4 Å². The maximum atomic E-state index is 11.9. The molecule has 2 amide bonds. The van der Waals surface area contributed by atoms with Crippen LogP contribution in [0.4, 0.5) is 22.7 Å². The number of rotatable bonds is 3. The number of non-ortho nitro benzene ring substituents is 1. The molecular weight excluding hydrogens is 359 g/mol. The summed E-state index contributed by atoms with van der Waals surface area (Å²) in [7, 11) is 0. The van der Waals surface area contributed by atoms with Crippen molar-refractivity contribution in [3.8, 4) is 0 Å². The fraction of sp³-hybridized carbons (Fsp3) is 0. The van der Waals surface area contributed by atoms with Crippen LogP contribution < -0.4 is 16.4 Å². The Morgan fingerprint density at radius 3 is 2.17 bits per heavy atom. The number of nitrogens with zero attached hydrogens (tertiary/aromatic N) is 1. The smallest absolute Gasteiger partial charge is 0.314 e. The summed E-state index contributed by atoms with van der Waals surface area (Å²) in [5.41, 5.74) is 5.77. The number of hydrogen-bond donors (Lipinski definition) is 3. The Balaban J connectivity index is 2.13. The van der Waals surface area contributed by atoms with E-state index in [2.05, 4.69) is 10.6 Å². The van der Waals surface area contributed by atoms with E-state index in [1.165, 1.54) is 30.3 Å². The Kier molecular flexibility index (Phi) is 5.22. The highest BCUT2D eigenvalue weighted by molar-refractivity contribution is 6.45. The van der Waals surface area contributed by atoms with Crippen molar-refractivity contribution in [3.05, 3.63) is 56.6 Å². The van der Waals surface area contributed by atoms with Gasteiger partial charge in [-0.25, -0.2) is 0 Å². The van der Waals surface area contributed by atoms with Crippen molar-refractivity contribution in [1.82, 2.24) is 0 Å². The molecule has 124 valence electrons. The molecule has 0 atom stereocenters. The van der Waals surface area contributed by atoms with E-state index in [0.717, 1.165) is 6.07 Å². The average Bonchev–Trinajstić information content (AvgIpc) is 2.51. The number of carbonyl (C=O) groups excluding carboxylic acids is 2. The van der Waals surface area contributed by atoms with Gasteiger partial charge in [-0.05, 0) is 24.3 Å². The largest absolute Gasteiger partial charge is 0.399 e. The predicted molar refractivity (Wildman–Crippen MR) is 91.2 cm³/mol. The molecule has 0 saturated carbocycles. The molecule has 0 aromatic heterocycles. The van der Waals surface area contributed by atoms with E-state index in [1.807, 2.05) is 0 Å². The summed E-state index contributed by atoms with van der Waals surface area (Å²) in [6.07, 6.45) is 0. The number of anilines is 3. The molecule has 0 aliphatic rings. The molecule has 0 spiro atoms. The number of halogens is 2. The lowest BCUT2D eigenvalue weighted by Gasteiger charge is -2.09. The summed E-state index contributed by atoms with van der Waals surface area (Å²) >= 11 is 11.7. The monoisotopic (exact) mass is 368 g/mol. The zero-order chi connectivity index (χ0) is 17.9. The van der Waals surface area contributed by atoms with E-state index in [-0.39, 0.29) is 27.1 Å². The SMILES string of the molecule is Nc1ccc(NC(=O)C(=O)Nc2cc([N+](=O)[O-])ccc2Cl)c(Cl)c1. The van der Waals surface area contributed by atoms with Gasteiger partial charge in [0, 0.05) is 17.8 Å². The Morgan fingerprint density at radius 1 is 0.958 bits per heavy atom. The number of carbonyl (C=O) groups is 2. The number of benzene rings is 2. The summed E-state index contributed by atoms with van der Waals surface area (Å²) in [6, 6.07) is 7.80. The quantitative estimate of drug-likeness (QED) is 0.332. The Morgan fingerprint density at radius 2 is 1.58 bits per heavy atom. The van der Waals surface area contributed by atoms with Crippen LogP contribution in [0.3, 0.4) is 0 Å². The van der Waals surface area contributed by atoms with Gasteiger partial charge in [0.1, 0.15) is 0 Å². The molecule has 2 aromatic rings. The van der Waals surface area contributed by atoms with Gasteiger partial charge in [-0.3, -0.25) is 19.7 Å². The van der Waals surface area contributed by atoms with E-state index < -0.39 is 16.7 Å². The fourth-order valence-electron chi connectivity index (χ4n) is 1.71. The molecule has 0 aliphatic carbocycles. The minimum absolute atomic E-state index is 0.0484. The van der Waals surface area contributed by atoms with E-state index in [1.54, 1.807) is 0 Å². The van der Waals surface area contributed by atoms with Crippen molar-refractivity contribution in [2.45, 2.75) is 0 Å². The van der Waals surface area contributed by atoms with Crippen LogP contribution in [0.15, 0.2) is 36.4 Å². The number of amides is 2. The molecule has 24 heavy (non-hydrogen) atoms. The van der Waals surface area contributed by atoms with Gasteiger partial charge in [0.15, 0.2) is 0 Å². The van der Waals surface area contributed by atoms with Gasteiger partial charge in [0.25, 0.3) is 5.69 Å². The van der Waals surface area contributed by atoms with Crippen molar-refractivity contribution in [2.75, 3.05) is 16.4 Å². The van der Waals surface area contributed by atoms with E-state index in [0.29, 0.717) is 5.69 Å². The van der Waals surface area contributed by atoms with Crippen LogP contribution in [0.2, 0.25) is 10.0 Å². The van der Waals surface area contributed by atoms with Crippen LogP contribution in [-0.4, -0.2) is 16.7 Å². The lowest BCUT2D eigenvalue weighted by molar-refractivity contribution is -0.384. The zero-order valence-electron chi connectivity index (χ0n) is 11.9. The van der Waals surface area contributed by atoms with Gasteiger partial charge in [0.05, 0.1) is 26.3 Å². The van der Waals surface area contributed by atoms with Gasteiger partial charge in [0.2, 0.25) is 0 Å². The molecule has 4 N–H and O–H groups in total. The molecule has 10 heteroatoms. The maximum Gasteiger partial charge on any atom is 0.314 e. The molecule has 0 fully saturated rings. The number of hydrogen-bond acceptors (Lipinski definition) is 5. The fourth-order valence-corrected chi connectivity index (χ4v) is 2.11. The summed E-state index contributed by atoms with van der Waals surface area (Å²) in [6.45, 7) is 0. The number of nitrogen functional groups attached to an aromatic ring is 1. The normalized spacial score (nSPS) is 10.1. The number of nitrogens with two attached hydrogens (primary N) is 1. The molecule has 0 aliphatic heterocycles. The van der Waals surface area contributed by atoms with Crippen molar-refractivity contribution in [3.63, 3.8) is 0 Å². The molecule has 2 aromatic carbocycles. The average molecular weight is 369 g/mol. The predicted octanol–water partition coefficient (Wildman–Crippen LogP) is 3.06. The second-order valence-corrected chi connectivity index (χ2v) is 5.38. The first-order valence-corrected chi connectivity index (χ1v) is 7.15. The van der Waals surface area contributed by atoms with Gasteiger partial charge >= 0.3 is 11.8 Å². The van der Waals surface area contributed by atoms with Gasteiger partial charge in [-0.2, -0.15) is 0 Å². The topological polar surface area (TPSA) is 127 Å². The number of nitro benzene ring substituents is 1. The summed E-state index contributed by atoms with van der Waals surface area (Å²) in [5, 5.41) is 15.4. The molecule has 8 nitrogen and oxygen atoms in total. The molecule has 0 radical (unpaired) electrons. The summed E-state index contributed by atoms with van der Waals surface area (Å²) in [5.74, 6) is -2.09. The molecule has 0 bridgehead atoms. The molecule has 0 unspecified atom stereocenters. The van der Waals surface area contributed by atoms with Crippen molar-refractivity contribution in [1.29, 1.82) is 0 Å². The molecule has 2 rings (SSSR count). The van der Waals surface area contributed by atoms with E-state index >= 15 is 0 Å². The first-order valence-electron chi connectivity index (χ1n) is 6.39. The summed E-state index contributed by atoms with van der Waals surface area (Å²) < 4.78 is 0. The molecule has 0 saturated heterocycles. The summed E-state index contributed by atoms with van der Waals surface area (Å²) in [4.78, 5) is 33.9. The van der Waals surface area contributed by atoms with Crippen LogP contribution in [0.5, 0.6) is 0 Å². The third-order valence-corrected chi connectivity index (χ3v) is 3.50. The standard InChI is InChI=1S/C14H10Cl2N4O4/c15-9-3-2-8(20(23)24)6-12(9)19-14(22)13(21)18-11-4-1-7(17)5-10(11)16/h1-6H,17H2,(H,18,21)(H,19,22). The highest BCUT2D eigenvalue weighted by Crippen LogP contribution is 2.27. The van der Waals surface area contributed by atoms with E-state index in [9.17, 15) is 19.7 Å². The van der Waals surface area contributed by atoms with Gasteiger partial charge in [-0.1, -0.05) is 23.2 Å².